The molecule has 0 amide bonds. The molecule has 1 rings (SSSR count). The summed E-state index contributed by atoms with van der Waals surface area (Å²) < 4.78 is 0. The number of carboxylic acids is 1. The van der Waals surface area contributed by atoms with E-state index in [1.807, 2.05) is 6.92 Å². The van der Waals surface area contributed by atoms with Crippen molar-refractivity contribution >= 4 is 5.97 Å². The van der Waals surface area contributed by atoms with E-state index in [-0.39, 0.29) is 6.04 Å². The number of carboxylic acid groups (broad SMARTS) is 1. The molecule has 1 aliphatic rings. The Balaban J connectivity index is 2.37. The van der Waals surface area contributed by atoms with E-state index in [1.165, 1.54) is 0 Å². The van der Waals surface area contributed by atoms with E-state index in [4.69, 9.17) is 5.11 Å². The lowest BCUT2D eigenvalue weighted by Gasteiger charge is -2.18. The van der Waals surface area contributed by atoms with Crippen LogP contribution in [0.4, 0.5) is 0 Å². The summed E-state index contributed by atoms with van der Waals surface area (Å²) in [6, 6.07) is 0.00616. The lowest BCUT2D eigenvalue weighted by atomic mass is 10.1. The Labute approximate surface area is 73.2 Å². The molecule has 2 unspecified atom stereocenters. The Morgan fingerprint density at radius 1 is 1.67 bits per heavy atom. The van der Waals surface area contributed by atoms with Gasteiger partial charge in [-0.3, -0.25) is 4.79 Å². The first-order valence-electron chi connectivity index (χ1n) is 4.64. The van der Waals surface area contributed by atoms with E-state index in [2.05, 4.69) is 12.2 Å². The third-order valence-corrected chi connectivity index (χ3v) is 2.44. The van der Waals surface area contributed by atoms with Crippen molar-refractivity contribution in [1.82, 2.24) is 5.32 Å². The predicted molar refractivity (Wildman–Crippen MR) is 47.0 cm³/mol. The largest absolute Gasteiger partial charge is 0.480 e. The lowest BCUT2D eigenvalue weighted by Crippen LogP contribution is -2.43. The predicted octanol–water partition coefficient (Wildman–Crippen LogP) is 1.24. The molecule has 70 valence electrons. The second kappa shape index (κ2) is 3.90. The van der Waals surface area contributed by atoms with Gasteiger partial charge in [-0.25, -0.2) is 0 Å². The van der Waals surface area contributed by atoms with Crippen LogP contribution in [0.2, 0.25) is 0 Å². The molecule has 0 aromatic carbocycles. The van der Waals surface area contributed by atoms with Gasteiger partial charge >= 0.3 is 5.97 Å². The maximum absolute atomic E-state index is 10.8. The molecule has 1 aliphatic carbocycles. The van der Waals surface area contributed by atoms with Gasteiger partial charge in [0.25, 0.3) is 0 Å². The summed E-state index contributed by atoms with van der Waals surface area (Å²) in [6.07, 6.45) is 3.12. The molecule has 12 heavy (non-hydrogen) atoms. The highest BCUT2D eigenvalue weighted by molar-refractivity contribution is 5.74. The van der Waals surface area contributed by atoms with Gasteiger partial charge in [0.15, 0.2) is 0 Å². The maximum Gasteiger partial charge on any atom is 0.320 e. The molecule has 1 fully saturated rings. The summed E-state index contributed by atoms with van der Waals surface area (Å²) in [7, 11) is 0. The summed E-state index contributed by atoms with van der Waals surface area (Å²) in [6.45, 7) is 4.09. The highest BCUT2D eigenvalue weighted by atomic mass is 16.4. The van der Waals surface area contributed by atoms with Crippen LogP contribution in [0.25, 0.3) is 0 Å². The van der Waals surface area contributed by atoms with Gasteiger partial charge in [-0.1, -0.05) is 6.92 Å². The minimum atomic E-state index is -0.696. The van der Waals surface area contributed by atoms with Crippen molar-refractivity contribution in [2.75, 3.05) is 0 Å². The highest BCUT2D eigenvalue weighted by Gasteiger charge is 2.36. The molecule has 1 saturated carbocycles. The third kappa shape index (κ3) is 2.48. The molecular formula is C9H17NO2. The van der Waals surface area contributed by atoms with Crippen molar-refractivity contribution in [2.45, 2.75) is 45.2 Å². The van der Waals surface area contributed by atoms with Gasteiger partial charge in [-0.2, -0.15) is 0 Å². The van der Waals surface area contributed by atoms with E-state index in [0.29, 0.717) is 12.0 Å². The Hall–Kier alpha value is -0.570. The minimum Gasteiger partial charge on any atom is -0.480 e. The van der Waals surface area contributed by atoms with Crippen LogP contribution < -0.4 is 5.32 Å². The number of hydrogen-bond acceptors (Lipinski definition) is 2. The van der Waals surface area contributed by atoms with Crippen LogP contribution >= 0.6 is 0 Å². The van der Waals surface area contributed by atoms with Gasteiger partial charge in [-0.05, 0) is 32.1 Å². The summed E-state index contributed by atoms with van der Waals surface area (Å²) in [5.74, 6) is -0.311. The summed E-state index contributed by atoms with van der Waals surface area (Å²) in [4.78, 5) is 10.8. The summed E-state index contributed by atoms with van der Waals surface area (Å²) >= 11 is 0. The molecule has 0 heterocycles. The second-order valence-electron chi connectivity index (χ2n) is 3.63. The van der Waals surface area contributed by atoms with Crippen LogP contribution in [0.5, 0.6) is 0 Å². The van der Waals surface area contributed by atoms with Gasteiger partial charge in [0.2, 0.25) is 0 Å². The van der Waals surface area contributed by atoms with E-state index >= 15 is 0 Å². The molecule has 0 spiro atoms. The minimum absolute atomic E-state index is 0.306. The van der Waals surface area contributed by atoms with Crippen LogP contribution in [0, 0.1) is 5.92 Å². The van der Waals surface area contributed by atoms with Crippen molar-refractivity contribution in [3.05, 3.63) is 0 Å². The summed E-state index contributed by atoms with van der Waals surface area (Å²) in [5.41, 5.74) is 0. The fourth-order valence-electron chi connectivity index (χ4n) is 1.26. The fourth-order valence-corrected chi connectivity index (χ4v) is 1.26. The molecule has 0 radical (unpaired) electrons. The SMILES string of the molecule is CCC(C)NC(C(=O)O)C1CC1. The molecular weight excluding hydrogens is 154 g/mol. The molecule has 0 bridgehead atoms. The number of nitrogens with one attached hydrogen (secondary N) is 1. The van der Waals surface area contributed by atoms with E-state index < -0.39 is 5.97 Å². The number of carbonyl (C=O) groups is 1. The zero-order valence-electron chi connectivity index (χ0n) is 7.71. The molecule has 2 atom stereocenters. The Morgan fingerprint density at radius 3 is 2.58 bits per heavy atom. The smallest absolute Gasteiger partial charge is 0.320 e. The molecule has 0 saturated heterocycles. The van der Waals surface area contributed by atoms with E-state index in [9.17, 15) is 4.79 Å². The molecule has 2 N–H and O–H groups in total. The second-order valence-corrected chi connectivity index (χ2v) is 3.63. The van der Waals surface area contributed by atoms with E-state index in [1.54, 1.807) is 0 Å². The van der Waals surface area contributed by atoms with Gasteiger partial charge in [0.05, 0.1) is 0 Å². The zero-order chi connectivity index (χ0) is 9.14. The van der Waals surface area contributed by atoms with E-state index in [0.717, 1.165) is 19.3 Å². The number of aliphatic carboxylic acids is 1. The zero-order valence-corrected chi connectivity index (χ0v) is 7.71. The maximum atomic E-state index is 10.8. The summed E-state index contributed by atoms with van der Waals surface area (Å²) in [5, 5.41) is 12.0. The average molecular weight is 171 g/mol. The quantitative estimate of drug-likeness (QED) is 0.654. The molecule has 0 aliphatic heterocycles. The molecule has 0 aromatic rings. The van der Waals surface area contributed by atoms with Crippen molar-refractivity contribution < 1.29 is 9.90 Å². The highest BCUT2D eigenvalue weighted by Crippen LogP contribution is 2.32. The number of rotatable bonds is 5. The van der Waals surface area contributed by atoms with Crippen LogP contribution in [-0.2, 0) is 4.79 Å². The third-order valence-electron chi connectivity index (χ3n) is 2.44. The van der Waals surface area contributed by atoms with Crippen LogP contribution in [0.15, 0.2) is 0 Å². The number of hydrogen-bond donors (Lipinski definition) is 2. The normalized spacial score (nSPS) is 21.8. The van der Waals surface area contributed by atoms with Gasteiger partial charge in [0.1, 0.15) is 6.04 Å². The molecule has 0 aromatic heterocycles. The fraction of sp³-hybridized carbons (Fsp3) is 0.889. The van der Waals surface area contributed by atoms with Gasteiger partial charge in [-0.15, -0.1) is 0 Å². The topological polar surface area (TPSA) is 49.3 Å². The standard InChI is InChI=1S/C9H17NO2/c1-3-6(2)10-8(9(11)12)7-4-5-7/h6-8,10H,3-5H2,1-2H3,(H,11,12). The van der Waals surface area contributed by atoms with Crippen LogP contribution in [0.1, 0.15) is 33.1 Å². The van der Waals surface area contributed by atoms with Crippen molar-refractivity contribution in [3.63, 3.8) is 0 Å². The monoisotopic (exact) mass is 171 g/mol. The van der Waals surface area contributed by atoms with Gasteiger partial charge < -0.3 is 10.4 Å². The average Bonchev–Trinajstić information content (AvgIpc) is 2.81. The van der Waals surface area contributed by atoms with Crippen LogP contribution in [0.3, 0.4) is 0 Å². The van der Waals surface area contributed by atoms with Crippen molar-refractivity contribution in [3.8, 4) is 0 Å². The Morgan fingerprint density at radius 2 is 2.25 bits per heavy atom. The van der Waals surface area contributed by atoms with Crippen LogP contribution in [-0.4, -0.2) is 23.2 Å². The van der Waals surface area contributed by atoms with Gasteiger partial charge in [0, 0.05) is 6.04 Å². The molecule has 3 nitrogen and oxygen atoms in total. The lowest BCUT2D eigenvalue weighted by molar-refractivity contribution is -0.140. The first kappa shape index (κ1) is 9.52. The first-order chi connectivity index (χ1) is 5.65. The molecule has 3 heteroatoms. The van der Waals surface area contributed by atoms with Crippen molar-refractivity contribution in [2.24, 2.45) is 5.92 Å². The van der Waals surface area contributed by atoms with Crippen molar-refractivity contribution in [1.29, 1.82) is 0 Å². The Kier molecular flexibility index (Phi) is 3.09. The Bertz CT molecular complexity index is 166. The first-order valence-corrected chi connectivity index (χ1v) is 4.64.